The zero-order valence-electron chi connectivity index (χ0n) is 17.6. The maximum absolute atomic E-state index is 12.9. The predicted molar refractivity (Wildman–Crippen MR) is 115 cm³/mol. The Labute approximate surface area is 180 Å². The predicted octanol–water partition coefficient (Wildman–Crippen LogP) is 3.83. The van der Waals surface area contributed by atoms with Crippen molar-refractivity contribution in [1.82, 2.24) is 0 Å². The number of hydrogen-bond donors (Lipinski definition) is 1. The Morgan fingerprint density at radius 3 is 2.35 bits per heavy atom. The number of carbonyl (C=O) groups is 1. The Morgan fingerprint density at radius 2 is 1.68 bits per heavy atom. The summed E-state index contributed by atoms with van der Waals surface area (Å²) in [6, 6.07) is 15.8. The molecule has 0 spiro atoms. The van der Waals surface area contributed by atoms with Gasteiger partial charge in [0.15, 0.2) is 11.5 Å². The molecule has 0 aromatic heterocycles. The molecular formula is C25H24O6. The van der Waals surface area contributed by atoms with Crippen LogP contribution in [0.1, 0.15) is 28.7 Å². The maximum Gasteiger partial charge on any atom is 0.310 e. The molecule has 0 saturated carbocycles. The molecule has 1 fully saturated rings. The van der Waals surface area contributed by atoms with Gasteiger partial charge in [-0.25, -0.2) is 0 Å². The van der Waals surface area contributed by atoms with Crippen LogP contribution < -0.4 is 14.2 Å². The van der Waals surface area contributed by atoms with Crippen LogP contribution in [0.3, 0.4) is 0 Å². The van der Waals surface area contributed by atoms with Gasteiger partial charge in [0, 0.05) is 11.8 Å². The van der Waals surface area contributed by atoms with Crippen molar-refractivity contribution in [3.05, 3.63) is 65.2 Å². The number of fused-ring (bicyclic) bond motifs is 4. The van der Waals surface area contributed by atoms with Crippen molar-refractivity contribution in [3.63, 3.8) is 0 Å². The molecule has 3 aromatic carbocycles. The second-order valence-electron chi connectivity index (χ2n) is 7.99. The third-order valence-electron chi connectivity index (χ3n) is 6.60. The van der Waals surface area contributed by atoms with Crippen LogP contribution in [0.15, 0.2) is 48.5 Å². The molecule has 0 bridgehead atoms. The normalized spacial score (nSPS) is 24.3. The first-order valence-electron chi connectivity index (χ1n) is 10.2. The zero-order valence-corrected chi connectivity index (χ0v) is 17.6. The van der Waals surface area contributed by atoms with E-state index >= 15 is 0 Å². The number of hydrogen-bond acceptors (Lipinski definition) is 6. The zero-order chi connectivity index (χ0) is 21.7. The van der Waals surface area contributed by atoms with Gasteiger partial charge in [-0.1, -0.05) is 36.4 Å². The van der Waals surface area contributed by atoms with Crippen molar-refractivity contribution < 1.29 is 28.8 Å². The smallest absolute Gasteiger partial charge is 0.310 e. The first kappa shape index (κ1) is 19.7. The highest BCUT2D eigenvalue weighted by molar-refractivity contribution is 5.90. The molecule has 5 rings (SSSR count). The third-order valence-corrected chi connectivity index (χ3v) is 6.60. The van der Waals surface area contributed by atoms with Crippen molar-refractivity contribution in [1.29, 1.82) is 0 Å². The van der Waals surface area contributed by atoms with Gasteiger partial charge < -0.3 is 24.1 Å². The van der Waals surface area contributed by atoms with Crippen LogP contribution in [-0.4, -0.2) is 39.0 Å². The first-order valence-corrected chi connectivity index (χ1v) is 10.2. The van der Waals surface area contributed by atoms with Crippen LogP contribution in [0.5, 0.6) is 17.2 Å². The fourth-order valence-corrected chi connectivity index (χ4v) is 5.21. The Bertz CT molecular complexity index is 1140. The lowest BCUT2D eigenvalue weighted by Crippen LogP contribution is -2.34. The van der Waals surface area contributed by atoms with Crippen LogP contribution in [0.2, 0.25) is 0 Å². The minimum Gasteiger partial charge on any atom is -0.493 e. The molecule has 2 aliphatic rings. The quantitative estimate of drug-likeness (QED) is 0.647. The molecule has 0 amide bonds. The van der Waals surface area contributed by atoms with Gasteiger partial charge in [0.2, 0.25) is 5.75 Å². The van der Waals surface area contributed by atoms with Crippen LogP contribution >= 0.6 is 0 Å². The highest BCUT2D eigenvalue weighted by Crippen LogP contribution is 2.54. The van der Waals surface area contributed by atoms with Gasteiger partial charge in [-0.3, -0.25) is 4.79 Å². The average molecular weight is 420 g/mol. The van der Waals surface area contributed by atoms with E-state index in [4.69, 9.17) is 18.9 Å². The summed E-state index contributed by atoms with van der Waals surface area (Å²) in [6.45, 7) is 0.206. The van der Waals surface area contributed by atoms with Gasteiger partial charge >= 0.3 is 5.97 Å². The largest absolute Gasteiger partial charge is 0.493 e. The Kier molecular flexibility index (Phi) is 4.74. The molecule has 6 nitrogen and oxygen atoms in total. The number of ether oxygens (including phenoxy) is 4. The number of carbonyl (C=O) groups excluding carboxylic acids is 1. The number of methoxy groups -OCH3 is 3. The number of cyclic esters (lactones) is 1. The molecule has 1 heterocycles. The Hall–Kier alpha value is -3.25. The molecule has 1 aliphatic carbocycles. The molecule has 160 valence electrons. The number of benzene rings is 3. The third kappa shape index (κ3) is 2.86. The van der Waals surface area contributed by atoms with Crippen LogP contribution in [0.25, 0.3) is 10.8 Å². The molecule has 1 saturated heterocycles. The summed E-state index contributed by atoms with van der Waals surface area (Å²) >= 11 is 0. The molecule has 3 aromatic rings. The average Bonchev–Trinajstić information content (AvgIpc) is 3.19. The molecule has 0 unspecified atom stereocenters. The second kappa shape index (κ2) is 7.46. The van der Waals surface area contributed by atoms with Crippen molar-refractivity contribution in [2.45, 2.75) is 12.0 Å². The lowest BCUT2D eigenvalue weighted by Gasteiger charge is -2.37. The summed E-state index contributed by atoms with van der Waals surface area (Å²) in [7, 11) is 4.70. The minimum atomic E-state index is -0.769. The summed E-state index contributed by atoms with van der Waals surface area (Å²) < 4.78 is 22.1. The molecule has 4 atom stereocenters. The summed E-state index contributed by atoms with van der Waals surface area (Å²) in [5, 5.41) is 13.2. The van der Waals surface area contributed by atoms with Crippen LogP contribution in [0, 0.1) is 11.8 Å². The number of rotatable bonds is 4. The summed E-state index contributed by atoms with van der Waals surface area (Å²) in [4.78, 5) is 12.9. The minimum absolute atomic E-state index is 0.206. The van der Waals surface area contributed by atoms with Crippen molar-refractivity contribution in [2.75, 3.05) is 27.9 Å². The molecule has 0 radical (unpaired) electrons. The first-order chi connectivity index (χ1) is 15.1. The standard InChI is InChI=1S/C25H24O6/c1-28-18-10-14(11-19(29-2)24(18)30-3)20-21-15-7-5-4-6-13(15)8-9-16(21)23(26)17-12-31-25(27)22(17)20/h4-11,17,20,22-23,26H,12H2,1-3H3/t17-,20+,22-,23-/m0/s1. The lowest BCUT2D eigenvalue weighted by molar-refractivity contribution is -0.141. The molecule has 1 N–H and O–H groups in total. The fourth-order valence-electron chi connectivity index (χ4n) is 5.21. The second-order valence-corrected chi connectivity index (χ2v) is 7.99. The summed E-state index contributed by atoms with van der Waals surface area (Å²) in [5.74, 6) is 0.106. The van der Waals surface area contributed by atoms with Crippen LogP contribution in [-0.2, 0) is 9.53 Å². The molecular weight excluding hydrogens is 396 g/mol. The van der Waals surface area contributed by atoms with Gasteiger partial charge in [0.05, 0.1) is 40.0 Å². The van der Waals surface area contributed by atoms with Gasteiger partial charge in [-0.15, -0.1) is 0 Å². The Balaban J connectivity index is 1.83. The van der Waals surface area contributed by atoms with E-state index in [2.05, 4.69) is 0 Å². The summed E-state index contributed by atoms with van der Waals surface area (Å²) in [5.41, 5.74) is 2.63. The molecule has 6 heteroatoms. The van der Waals surface area contributed by atoms with Gasteiger partial charge in [-0.2, -0.15) is 0 Å². The fraction of sp³-hybridized carbons (Fsp3) is 0.320. The van der Waals surface area contributed by atoms with Gasteiger partial charge in [0.25, 0.3) is 0 Å². The van der Waals surface area contributed by atoms with Crippen LogP contribution in [0.4, 0.5) is 0 Å². The number of aliphatic hydroxyl groups is 1. The monoisotopic (exact) mass is 420 g/mol. The van der Waals surface area contributed by atoms with Crippen molar-refractivity contribution >= 4 is 16.7 Å². The van der Waals surface area contributed by atoms with E-state index in [0.717, 1.165) is 27.5 Å². The van der Waals surface area contributed by atoms with Gasteiger partial charge in [0.1, 0.15) is 0 Å². The van der Waals surface area contributed by atoms with Crippen molar-refractivity contribution in [3.8, 4) is 17.2 Å². The highest BCUT2D eigenvalue weighted by Gasteiger charge is 2.52. The SMILES string of the molecule is COc1cc([C@@H]2c3c(ccc4ccccc34)[C@H](O)[C@H]3COC(=O)[C@H]23)cc(OC)c1OC. The molecule has 1 aliphatic heterocycles. The maximum atomic E-state index is 12.9. The van der Waals surface area contributed by atoms with E-state index in [9.17, 15) is 9.90 Å². The topological polar surface area (TPSA) is 74.2 Å². The van der Waals surface area contributed by atoms with E-state index in [1.54, 1.807) is 21.3 Å². The van der Waals surface area contributed by atoms with E-state index in [-0.39, 0.29) is 24.4 Å². The summed E-state index contributed by atoms with van der Waals surface area (Å²) in [6.07, 6.45) is -0.769. The van der Waals surface area contributed by atoms with Gasteiger partial charge in [-0.05, 0) is 39.6 Å². The highest BCUT2D eigenvalue weighted by atomic mass is 16.5. The van der Waals surface area contributed by atoms with Crippen molar-refractivity contribution in [2.24, 2.45) is 11.8 Å². The van der Waals surface area contributed by atoms with E-state index in [1.165, 1.54) is 0 Å². The van der Waals surface area contributed by atoms with E-state index in [0.29, 0.717) is 17.2 Å². The number of esters is 1. The Morgan fingerprint density at radius 1 is 0.968 bits per heavy atom. The lowest BCUT2D eigenvalue weighted by atomic mass is 9.65. The molecule has 31 heavy (non-hydrogen) atoms. The number of aliphatic hydroxyl groups excluding tert-OH is 1. The van der Waals surface area contributed by atoms with E-state index < -0.39 is 12.0 Å². The van der Waals surface area contributed by atoms with E-state index in [1.807, 2.05) is 48.5 Å².